The average molecular weight is 186 g/mol. The van der Waals surface area contributed by atoms with Gasteiger partial charge in [-0.25, -0.2) is 0 Å². The lowest BCUT2D eigenvalue weighted by Crippen LogP contribution is -2.44. The minimum Gasteiger partial charge on any atom is -0.390 e. The van der Waals surface area contributed by atoms with E-state index in [-0.39, 0.29) is 11.7 Å². The number of hydrogen-bond donors (Lipinski definition) is 1. The van der Waals surface area contributed by atoms with E-state index in [0.717, 1.165) is 6.42 Å². The monoisotopic (exact) mass is 186 g/mol. The minimum atomic E-state index is -0.338. The maximum absolute atomic E-state index is 10.1. The first-order chi connectivity index (χ1) is 6.14. The van der Waals surface area contributed by atoms with Crippen molar-refractivity contribution in [1.82, 2.24) is 0 Å². The summed E-state index contributed by atoms with van der Waals surface area (Å²) in [7, 11) is 1.70. The SMILES string of the molecule is CCC(C)(OC)C(O)C1CCCC1. The highest BCUT2D eigenvalue weighted by molar-refractivity contribution is 4.89. The van der Waals surface area contributed by atoms with Gasteiger partial charge in [0.15, 0.2) is 0 Å². The summed E-state index contributed by atoms with van der Waals surface area (Å²) in [6.07, 6.45) is 5.46. The molecule has 0 aromatic rings. The Balaban J connectivity index is 2.57. The van der Waals surface area contributed by atoms with Gasteiger partial charge in [0, 0.05) is 7.11 Å². The van der Waals surface area contributed by atoms with E-state index in [1.54, 1.807) is 7.11 Å². The van der Waals surface area contributed by atoms with Crippen LogP contribution in [0.15, 0.2) is 0 Å². The Morgan fingerprint density at radius 1 is 1.46 bits per heavy atom. The van der Waals surface area contributed by atoms with E-state index in [2.05, 4.69) is 6.92 Å². The first kappa shape index (κ1) is 11.0. The van der Waals surface area contributed by atoms with Crippen LogP contribution >= 0.6 is 0 Å². The van der Waals surface area contributed by atoms with Gasteiger partial charge in [0.25, 0.3) is 0 Å². The van der Waals surface area contributed by atoms with E-state index in [9.17, 15) is 5.11 Å². The van der Waals surface area contributed by atoms with Crippen LogP contribution in [0.3, 0.4) is 0 Å². The lowest BCUT2D eigenvalue weighted by atomic mass is 9.85. The van der Waals surface area contributed by atoms with Crippen LogP contribution in [0.25, 0.3) is 0 Å². The van der Waals surface area contributed by atoms with Gasteiger partial charge in [0.05, 0.1) is 11.7 Å². The van der Waals surface area contributed by atoms with Gasteiger partial charge in [-0.15, -0.1) is 0 Å². The van der Waals surface area contributed by atoms with Gasteiger partial charge in [-0.2, -0.15) is 0 Å². The predicted octanol–water partition coefficient (Wildman–Crippen LogP) is 2.35. The zero-order valence-corrected chi connectivity index (χ0v) is 9.05. The Hall–Kier alpha value is -0.0800. The molecular formula is C11H22O2. The van der Waals surface area contributed by atoms with Crippen molar-refractivity contribution in [3.8, 4) is 0 Å². The molecule has 1 rings (SSSR count). The molecule has 1 aliphatic carbocycles. The third-order valence-electron chi connectivity index (χ3n) is 3.64. The van der Waals surface area contributed by atoms with E-state index < -0.39 is 0 Å². The molecule has 0 aliphatic heterocycles. The summed E-state index contributed by atoms with van der Waals surface area (Å²) in [5.74, 6) is 0.463. The molecule has 0 amide bonds. The third-order valence-corrected chi connectivity index (χ3v) is 3.64. The highest BCUT2D eigenvalue weighted by Crippen LogP contribution is 2.34. The molecule has 2 unspecified atom stereocenters. The van der Waals surface area contributed by atoms with E-state index >= 15 is 0 Å². The normalized spacial score (nSPS) is 25.8. The predicted molar refractivity (Wildman–Crippen MR) is 53.7 cm³/mol. The zero-order valence-electron chi connectivity index (χ0n) is 9.05. The topological polar surface area (TPSA) is 29.5 Å². The Morgan fingerprint density at radius 3 is 2.38 bits per heavy atom. The molecule has 2 nitrogen and oxygen atoms in total. The lowest BCUT2D eigenvalue weighted by Gasteiger charge is -2.35. The highest BCUT2D eigenvalue weighted by Gasteiger charge is 2.37. The van der Waals surface area contributed by atoms with Gasteiger partial charge < -0.3 is 9.84 Å². The third kappa shape index (κ3) is 2.23. The standard InChI is InChI=1S/C11H22O2/c1-4-11(2,13-3)10(12)9-7-5-6-8-9/h9-10,12H,4-8H2,1-3H3. The summed E-state index contributed by atoms with van der Waals surface area (Å²) in [6, 6.07) is 0. The molecule has 1 N–H and O–H groups in total. The number of hydrogen-bond acceptors (Lipinski definition) is 2. The number of ether oxygens (including phenoxy) is 1. The summed E-state index contributed by atoms with van der Waals surface area (Å²) >= 11 is 0. The fourth-order valence-electron chi connectivity index (χ4n) is 2.25. The van der Waals surface area contributed by atoms with Crippen LogP contribution in [0.5, 0.6) is 0 Å². The van der Waals surface area contributed by atoms with Crippen molar-refractivity contribution in [2.75, 3.05) is 7.11 Å². The van der Waals surface area contributed by atoms with Crippen LogP contribution in [0.4, 0.5) is 0 Å². The summed E-state index contributed by atoms with van der Waals surface area (Å²) in [5.41, 5.74) is -0.338. The van der Waals surface area contributed by atoms with E-state index in [0.29, 0.717) is 5.92 Å². The first-order valence-electron chi connectivity index (χ1n) is 5.37. The molecule has 13 heavy (non-hydrogen) atoms. The molecule has 0 aromatic heterocycles. The molecule has 0 bridgehead atoms. The molecule has 1 saturated carbocycles. The van der Waals surface area contributed by atoms with Crippen LogP contribution < -0.4 is 0 Å². The summed E-state index contributed by atoms with van der Waals surface area (Å²) in [6.45, 7) is 4.08. The van der Waals surface area contributed by atoms with Crippen LogP contribution in [-0.4, -0.2) is 23.9 Å². The Labute approximate surface area is 81.3 Å². The molecule has 0 heterocycles. The Bertz CT molecular complexity index is 146. The highest BCUT2D eigenvalue weighted by atomic mass is 16.5. The molecule has 2 heteroatoms. The summed E-state index contributed by atoms with van der Waals surface area (Å²) < 4.78 is 5.41. The Kier molecular flexibility index (Phi) is 3.74. The van der Waals surface area contributed by atoms with Crippen molar-refractivity contribution in [3.63, 3.8) is 0 Å². The van der Waals surface area contributed by atoms with Crippen molar-refractivity contribution in [1.29, 1.82) is 0 Å². The van der Waals surface area contributed by atoms with E-state index in [4.69, 9.17) is 4.74 Å². The van der Waals surface area contributed by atoms with Crippen molar-refractivity contribution in [2.45, 2.75) is 57.7 Å². The van der Waals surface area contributed by atoms with Gasteiger partial charge in [-0.1, -0.05) is 19.8 Å². The molecule has 1 fully saturated rings. The lowest BCUT2D eigenvalue weighted by molar-refractivity contribution is -0.114. The largest absolute Gasteiger partial charge is 0.390 e. The van der Waals surface area contributed by atoms with Gasteiger partial charge in [-0.05, 0) is 32.1 Å². The summed E-state index contributed by atoms with van der Waals surface area (Å²) in [4.78, 5) is 0. The molecule has 2 atom stereocenters. The molecule has 0 aromatic carbocycles. The molecule has 0 spiro atoms. The second kappa shape index (κ2) is 4.43. The minimum absolute atomic E-state index is 0.287. The fourth-order valence-corrected chi connectivity index (χ4v) is 2.25. The summed E-state index contributed by atoms with van der Waals surface area (Å²) in [5, 5.41) is 10.1. The fraction of sp³-hybridized carbons (Fsp3) is 1.00. The molecule has 0 saturated heterocycles. The molecule has 1 aliphatic rings. The van der Waals surface area contributed by atoms with Crippen LogP contribution in [0.1, 0.15) is 46.0 Å². The first-order valence-corrected chi connectivity index (χ1v) is 5.37. The molecule has 78 valence electrons. The van der Waals surface area contributed by atoms with Crippen LogP contribution in [-0.2, 0) is 4.74 Å². The van der Waals surface area contributed by atoms with Crippen molar-refractivity contribution >= 4 is 0 Å². The van der Waals surface area contributed by atoms with Gasteiger partial charge in [0.1, 0.15) is 0 Å². The van der Waals surface area contributed by atoms with Gasteiger partial charge >= 0.3 is 0 Å². The van der Waals surface area contributed by atoms with Gasteiger partial charge in [0.2, 0.25) is 0 Å². The quantitative estimate of drug-likeness (QED) is 0.730. The van der Waals surface area contributed by atoms with E-state index in [1.807, 2.05) is 6.92 Å². The van der Waals surface area contributed by atoms with Crippen molar-refractivity contribution < 1.29 is 9.84 Å². The number of rotatable bonds is 4. The maximum Gasteiger partial charge on any atom is 0.0908 e. The maximum atomic E-state index is 10.1. The van der Waals surface area contributed by atoms with Crippen molar-refractivity contribution in [3.05, 3.63) is 0 Å². The second-order valence-corrected chi connectivity index (χ2v) is 4.36. The molecule has 0 radical (unpaired) electrons. The zero-order chi connectivity index (χ0) is 9.90. The Morgan fingerprint density at radius 2 is 2.00 bits per heavy atom. The smallest absolute Gasteiger partial charge is 0.0908 e. The van der Waals surface area contributed by atoms with Crippen molar-refractivity contribution in [2.24, 2.45) is 5.92 Å². The number of aliphatic hydroxyl groups excluding tert-OH is 1. The number of methoxy groups -OCH3 is 1. The van der Waals surface area contributed by atoms with Gasteiger partial charge in [-0.3, -0.25) is 0 Å². The van der Waals surface area contributed by atoms with Crippen LogP contribution in [0.2, 0.25) is 0 Å². The second-order valence-electron chi connectivity index (χ2n) is 4.36. The number of aliphatic hydroxyl groups is 1. The molecular weight excluding hydrogens is 164 g/mol. The van der Waals surface area contributed by atoms with E-state index in [1.165, 1.54) is 25.7 Å². The van der Waals surface area contributed by atoms with Crippen LogP contribution in [0, 0.1) is 5.92 Å². The average Bonchev–Trinajstić information content (AvgIpc) is 2.68.